The first-order valence-corrected chi connectivity index (χ1v) is 4.42. The van der Waals surface area contributed by atoms with Crippen LogP contribution in [0.3, 0.4) is 0 Å². The molecular weight excluding hydrogens is 164 g/mol. The zero-order valence-corrected chi connectivity index (χ0v) is 7.36. The highest BCUT2D eigenvalue weighted by Gasteiger charge is 2.03. The normalized spacial score (nSPS) is 10.8. The molecule has 3 nitrogen and oxygen atoms in total. The van der Waals surface area contributed by atoms with E-state index in [1.807, 2.05) is 6.07 Å². The summed E-state index contributed by atoms with van der Waals surface area (Å²) >= 11 is 0. The second kappa shape index (κ2) is 3.58. The Labute approximate surface area is 76.6 Å². The fourth-order valence-electron chi connectivity index (χ4n) is 1.42. The Morgan fingerprint density at radius 3 is 3.23 bits per heavy atom. The number of nitrogens with two attached hydrogens (primary N) is 1. The number of fused-ring (bicyclic) bond motifs is 1. The molecule has 13 heavy (non-hydrogen) atoms. The van der Waals surface area contributed by atoms with E-state index in [4.69, 9.17) is 10.2 Å². The fourth-order valence-corrected chi connectivity index (χ4v) is 1.42. The topological polar surface area (TPSA) is 52.0 Å². The quantitative estimate of drug-likeness (QED) is 0.774. The molecule has 0 aliphatic rings. The maximum atomic E-state index is 5.45. The Morgan fingerprint density at radius 2 is 2.38 bits per heavy atom. The number of aromatic nitrogens is 1. The van der Waals surface area contributed by atoms with Crippen LogP contribution in [0.4, 0.5) is 0 Å². The lowest BCUT2D eigenvalue weighted by molar-refractivity contribution is 0.607. The predicted octanol–water partition coefficient (Wildman–Crippen LogP) is 1.72. The average molecular weight is 176 g/mol. The van der Waals surface area contributed by atoms with E-state index in [2.05, 4.69) is 4.98 Å². The summed E-state index contributed by atoms with van der Waals surface area (Å²) in [7, 11) is 0. The van der Waals surface area contributed by atoms with E-state index in [9.17, 15) is 0 Å². The smallest absolute Gasteiger partial charge is 0.152 e. The Bertz CT molecular complexity index is 394. The highest BCUT2D eigenvalue weighted by atomic mass is 16.3. The molecule has 0 spiro atoms. The molecule has 0 amide bonds. The molecule has 2 N–H and O–H groups in total. The number of nitrogens with zero attached hydrogens (tertiary/aromatic N) is 1. The van der Waals surface area contributed by atoms with Gasteiger partial charge in [0.15, 0.2) is 5.58 Å². The number of furan rings is 1. The number of aryl methyl sites for hydroxylation is 1. The van der Waals surface area contributed by atoms with Crippen LogP contribution in [-0.2, 0) is 6.42 Å². The highest BCUT2D eigenvalue weighted by Crippen LogP contribution is 2.20. The van der Waals surface area contributed by atoms with Crippen LogP contribution in [-0.4, -0.2) is 11.5 Å². The van der Waals surface area contributed by atoms with Gasteiger partial charge in [-0.05, 0) is 31.0 Å². The Hall–Kier alpha value is -1.35. The van der Waals surface area contributed by atoms with E-state index >= 15 is 0 Å². The first-order valence-electron chi connectivity index (χ1n) is 4.42. The van der Waals surface area contributed by atoms with E-state index in [1.54, 1.807) is 18.7 Å². The number of rotatable bonds is 3. The summed E-state index contributed by atoms with van der Waals surface area (Å²) < 4.78 is 5.34. The minimum atomic E-state index is 0.720. The van der Waals surface area contributed by atoms with Crippen molar-refractivity contribution in [2.24, 2.45) is 5.73 Å². The van der Waals surface area contributed by atoms with Crippen LogP contribution in [0.5, 0.6) is 0 Å². The van der Waals surface area contributed by atoms with Crippen molar-refractivity contribution in [2.45, 2.75) is 12.8 Å². The molecule has 68 valence electrons. The molecule has 0 aliphatic heterocycles. The molecule has 0 saturated heterocycles. The molecule has 0 atom stereocenters. The first kappa shape index (κ1) is 8.26. The lowest BCUT2D eigenvalue weighted by atomic mass is 10.1. The zero-order valence-electron chi connectivity index (χ0n) is 7.36. The molecule has 3 heteroatoms. The summed E-state index contributed by atoms with van der Waals surface area (Å²) in [6.07, 6.45) is 7.29. The molecule has 2 heterocycles. The standard InChI is InChI=1S/C10H12N2O/c11-4-1-2-8-7-13-10-6-12-5-3-9(8)10/h3,5-7H,1-2,4,11H2. The van der Waals surface area contributed by atoms with Crippen molar-refractivity contribution >= 4 is 11.0 Å². The second-order valence-electron chi connectivity index (χ2n) is 3.03. The van der Waals surface area contributed by atoms with Gasteiger partial charge in [-0.2, -0.15) is 0 Å². The molecule has 0 bridgehead atoms. The minimum absolute atomic E-state index is 0.720. The van der Waals surface area contributed by atoms with E-state index in [-0.39, 0.29) is 0 Å². The fraction of sp³-hybridized carbons (Fsp3) is 0.300. The molecule has 2 aromatic heterocycles. The van der Waals surface area contributed by atoms with Crippen LogP contribution < -0.4 is 5.73 Å². The van der Waals surface area contributed by atoms with Crippen molar-refractivity contribution in [3.05, 3.63) is 30.3 Å². The van der Waals surface area contributed by atoms with E-state index < -0.39 is 0 Å². The summed E-state index contributed by atoms with van der Waals surface area (Å²) in [5.41, 5.74) is 7.53. The number of pyridine rings is 1. The number of hydrogen-bond acceptors (Lipinski definition) is 3. The minimum Gasteiger partial charge on any atom is -0.462 e. The summed E-state index contributed by atoms with van der Waals surface area (Å²) in [4.78, 5) is 3.99. The SMILES string of the molecule is NCCCc1coc2cnccc12. The third-order valence-electron chi connectivity index (χ3n) is 2.11. The molecule has 0 radical (unpaired) electrons. The van der Waals surface area contributed by atoms with E-state index in [0.29, 0.717) is 0 Å². The van der Waals surface area contributed by atoms with Gasteiger partial charge in [0, 0.05) is 11.6 Å². The van der Waals surface area contributed by atoms with Gasteiger partial charge in [-0.25, -0.2) is 0 Å². The Kier molecular flexibility index (Phi) is 2.27. The summed E-state index contributed by atoms with van der Waals surface area (Å²) in [5.74, 6) is 0. The monoisotopic (exact) mass is 176 g/mol. The molecule has 2 rings (SSSR count). The van der Waals surface area contributed by atoms with Crippen LogP contribution in [0.1, 0.15) is 12.0 Å². The average Bonchev–Trinajstić information content (AvgIpc) is 2.58. The van der Waals surface area contributed by atoms with Crippen LogP contribution in [0.25, 0.3) is 11.0 Å². The van der Waals surface area contributed by atoms with Crippen molar-refractivity contribution < 1.29 is 4.42 Å². The molecular formula is C10H12N2O. The van der Waals surface area contributed by atoms with E-state index in [1.165, 1.54) is 5.56 Å². The molecule has 0 aromatic carbocycles. The van der Waals surface area contributed by atoms with Gasteiger partial charge in [-0.3, -0.25) is 4.98 Å². The lowest BCUT2D eigenvalue weighted by Crippen LogP contribution is -1.99. The lowest BCUT2D eigenvalue weighted by Gasteiger charge is -1.94. The molecule has 2 aromatic rings. The van der Waals surface area contributed by atoms with Gasteiger partial charge < -0.3 is 10.2 Å². The maximum Gasteiger partial charge on any atom is 0.152 e. The van der Waals surface area contributed by atoms with Gasteiger partial charge in [0.2, 0.25) is 0 Å². The molecule has 0 aliphatic carbocycles. The Morgan fingerprint density at radius 1 is 1.46 bits per heavy atom. The van der Waals surface area contributed by atoms with Gasteiger partial charge in [0.05, 0.1) is 12.5 Å². The third-order valence-corrected chi connectivity index (χ3v) is 2.11. The van der Waals surface area contributed by atoms with Gasteiger partial charge in [0.25, 0.3) is 0 Å². The molecule has 0 saturated carbocycles. The molecule has 0 unspecified atom stereocenters. The molecule has 0 fully saturated rings. The number of hydrogen-bond donors (Lipinski definition) is 1. The van der Waals surface area contributed by atoms with Crippen LogP contribution in [0.2, 0.25) is 0 Å². The largest absolute Gasteiger partial charge is 0.462 e. The van der Waals surface area contributed by atoms with Gasteiger partial charge in [0.1, 0.15) is 0 Å². The Balaban J connectivity index is 2.35. The zero-order chi connectivity index (χ0) is 9.10. The summed E-state index contributed by atoms with van der Waals surface area (Å²) in [6, 6.07) is 1.98. The van der Waals surface area contributed by atoms with E-state index in [0.717, 1.165) is 30.4 Å². The first-order chi connectivity index (χ1) is 6.42. The predicted molar refractivity (Wildman–Crippen MR) is 51.4 cm³/mol. The van der Waals surface area contributed by atoms with Crippen molar-refractivity contribution in [2.75, 3.05) is 6.54 Å². The van der Waals surface area contributed by atoms with Gasteiger partial charge >= 0.3 is 0 Å². The maximum absolute atomic E-state index is 5.45. The van der Waals surface area contributed by atoms with Crippen molar-refractivity contribution in [3.8, 4) is 0 Å². The second-order valence-corrected chi connectivity index (χ2v) is 3.03. The van der Waals surface area contributed by atoms with Crippen molar-refractivity contribution in [3.63, 3.8) is 0 Å². The van der Waals surface area contributed by atoms with Crippen molar-refractivity contribution in [1.29, 1.82) is 0 Å². The van der Waals surface area contributed by atoms with Crippen LogP contribution in [0, 0.1) is 0 Å². The van der Waals surface area contributed by atoms with Gasteiger partial charge in [-0.1, -0.05) is 0 Å². The van der Waals surface area contributed by atoms with Crippen LogP contribution in [0.15, 0.2) is 29.1 Å². The highest BCUT2D eigenvalue weighted by molar-refractivity contribution is 5.79. The van der Waals surface area contributed by atoms with Gasteiger partial charge in [-0.15, -0.1) is 0 Å². The summed E-state index contributed by atoms with van der Waals surface area (Å²) in [5, 5.41) is 1.16. The van der Waals surface area contributed by atoms with Crippen LogP contribution >= 0.6 is 0 Å². The third kappa shape index (κ3) is 1.55. The van der Waals surface area contributed by atoms with Crippen molar-refractivity contribution in [1.82, 2.24) is 4.98 Å². The summed E-state index contributed by atoms with van der Waals surface area (Å²) in [6.45, 7) is 0.720.